The molecule has 0 atom stereocenters. The van der Waals surface area contributed by atoms with E-state index in [4.69, 9.17) is 0 Å². The number of rotatable bonds is 1. The molecule has 0 unspecified atom stereocenters. The van der Waals surface area contributed by atoms with E-state index in [9.17, 15) is 0 Å². The van der Waals surface area contributed by atoms with Gasteiger partial charge in [0.25, 0.3) is 0 Å². The Bertz CT molecular complexity index is 447. The summed E-state index contributed by atoms with van der Waals surface area (Å²) in [6, 6.07) is 18.8. The van der Waals surface area contributed by atoms with Crippen molar-refractivity contribution in [3.05, 3.63) is 59.7 Å². The molecule has 1 heteroatoms. The molecule has 0 N–H and O–H groups in total. The summed E-state index contributed by atoms with van der Waals surface area (Å²) in [5, 5.41) is 0. The molecule has 0 fully saturated rings. The molecule has 0 amide bonds. The minimum Gasteiger partial charge on any atom is -0.226 e. The molecule has 0 spiro atoms. The third kappa shape index (κ3) is 2.74. The van der Waals surface area contributed by atoms with E-state index < -0.39 is 0 Å². The second kappa shape index (κ2) is 5.20. The zero-order chi connectivity index (χ0) is 9.97. The maximum Gasteiger partial charge on any atom is 2.00 e. The molecule has 0 aromatic heterocycles. The second-order valence-electron chi connectivity index (χ2n) is 3.48. The summed E-state index contributed by atoms with van der Waals surface area (Å²) >= 11 is 0. The predicted molar refractivity (Wildman–Crippen MR) is 59.0 cm³/mol. The zero-order valence-corrected chi connectivity index (χ0v) is 10.3. The van der Waals surface area contributed by atoms with Gasteiger partial charge in [0.1, 0.15) is 0 Å². The monoisotopic (exact) mass is 231 g/mol. The molecule has 0 aliphatic heterocycles. The Morgan fingerprint density at radius 1 is 1.00 bits per heavy atom. The summed E-state index contributed by atoms with van der Waals surface area (Å²) in [7, 11) is 0. The van der Waals surface area contributed by atoms with Crippen LogP contribution in [0.1, 0.15) is 11.1 Å². The summed E-state index contributed by atoms with van der Waals surface area (Å²) in [6.07, 6.45) is 0. The minimum absolute atomic E-state index is 0. The van der Waals surface area contributed by atoms with Crippen LogP contribution in [0.2, 0.25) is 0 Å². The fraction of sp³-hybridized carbons (Fsp3) is 0.143. The van der Waals surface area contributed by atoms with Crippen molar-refractivity contribution in [2.75, 3.05) is 0 Å². The van der Waals surface area contributed by atoms with Gasteiger partial charge in [-0.15, -0.1) is 17.7 Å². The van der Waals surface area contributed by atoms with Gasteiger partial charge >= 0.3 is 18.6 Å². The molecule has 0 saturated carbocycles. The molecule has 1 radical (unpaired) electrons. The number of hydrogen-bond acceptors (Lipinski definition) is 0. The first-order valence-electron chi connectivity index (χ1n) is 4.74. The van der Waals surface area contributed by atoms with Crippen LogP contribution >= 0.6 is 0 Å². The van der Waals surface area contributed by atoms with Crippen molar-refractivity contribution in [3.63, 3.8) is 0 Å². The van der Waals surface area contributed by atoms with Crippen LogP contribution in [0.5, 0.6) is 0 Å². The first-order chi connectivity index (χ1) is 6.77. The van der Waals surface area contributed by atoms with Gasteiger partial charge in [-0.25, -0.2) is 11.1 Å². The molecule has 0 heterocycles. The number of benzene rings is 2. The molecule has 0 saturated heterocycles. The quantitative estimate of drug-likeness (QED) is 0.658. The van der Waals surface area contributed by atoms with E-state index in [0.717, 1.165) is 11.1 Å². The summed E-state index contributed by atoms with van der Waals surface area (Å²) in [6.45, 7) is 4.16. The summed E-state index contributed by atoms with van der Waals surface area (Å²) < 4.78 is 0. The average molecular weight is 231 g/mol. The van der Waals surface area contributed by atoms with Gasteiger partial charge in [0.15, 0.2) is 0 Å². The van der Waals surface area contributed by atoms with Crippen molar-refractivity contribution in [3.8, 4) is 11.1 Å². The van der Waals surface area contributed by atoms with Crippen molar-refractivity contribution in [2.45, 2.75) is 13.8 Å². The first kappa shape index (κ1) is 12.1. The van der Waals surface area contributed by atoms with Crippen molar-refractivity contribution in [1.82, 2.24) is 0 Å². The van der Waals surface area contributed by atoms with Gasteiger partial charge < -0.3 is 0 Å². The van der Waals surface area contributed by atoms with Crippen LogP contribution in [0.15, 0.2) is 36.4 Å². The molecule has 15 heavy (non-hydrogen) atoms. The molecule has 2 aromatic rings. The summed E-state index contributed by atoms with van der Waals surface area (Å²) in [5.41, 5.74) is 4.69. The van der Waals surface area contributed by atoms with Crippen LogP contribution in [0, 0.1) is 26.0 Å². The molecular formula is C14H12V. The Morgan fingerprint density at radius 3 is 2.47 bits per heavy atom. The molecule has 0 aliphatic carbocycles. The van der Waals surface area contributed by atoms with E-state index in [0.29, 0.717) is 0 Å². The van der Waals surface area contributed by atoms with Crippen LogP contribution < -0.4 is 0 Å². The first-order valence-corrected chi connectivity index (χ1v) is 4.74. The van der Waals surface area contributed by atoms with Crippen molar-refractivity contribution >= 4 is 0 Å². The van der Waals surface area contributed by atoms with Crippen LogP contribution in [0.25, 0.3) is 11.1 Å². The van der Waals surface area contributed by atoms with Gasteiger partial charge in [0.05, 0.1) is 0 Å². The van der Waals surface area contributed by atoms with Gasteiger partial charge in [-0.05, 0) is 0 Å². The van der Waals surface area contributed by atoms with E-state index in [1.807, 2.05) is 12.1 Å². The third-order valence-corrected chi connectivity index (χ3v) is 2.27. The second-order valence-corrected chi connectivity index (χ2v) is 3.48. The SMILES string of the molecule is Cc1[c-]c(-c2[c-]cccc2C)ccc1.[V+2]. The Morgan fingerprint density at radius 2 is 1.80 bits per heavy atom. The van der Waals surface area contributed by atoms with Gasteiger partial charge in [-0.2, -0.15) is 42.0 Å². The van der Waals surface area contributed by atoms with Crippen LogP contribution in [-0.4, -0.2) is 0 Å². The maximum absolute atomic E-state index is 3.33. The van der Waals surface area contributed by atoms with Crippen LogP contribution in [0.4, 0.5) is 0 Å². The largest absolute Gasteiger partial charge is 2.00 e. The molecule has 2 aromatic carbocycles. The van der Waals surface area contributed by atoms with Crippen molar-refractivity contribution in [2.24, 2.45) is 0 Å². The molecule has 73 valence electrons. The maximum atomic E-state index is 3.33. The van der Waals surface area contributed by atoms with Crippen LogP contribution in [-0.2, 0) is 18.6 Å². The standard InChI is InChI=1S/C14H12.V/c1-11-6-5-8-13(10-11)14-9-4-3-7-12(14)2;/h3-8H,1-2H3;/q-2;+2. The van der Waals surface area contributed by atoms with Gasteiger partial charge in [-0.3, -0.25) is 0 Å². The van der Waals surface area contributed by atoms with E-state index in [1.54, 1.807) is 0 Å². The molecule has 0 nitrogen and oxygen atoms in total. The van der Waals surface area contributed by atoms with Crippen LogP contribution in [0.3, 0.4) is 0 Å². The normalized spacial score (nSPS) is 9.47. The Kier molecular flexibility index (Phi) is 4.20. The van der Waals surface area contributed by atoms with E-state index in [-0.39, 0.29) is 18.6 Å². The molecule has 0 aliphatic rings. The van der Waals surface area contributed by atoms with Gasteiger partial charge in [0.2, 0.25) is 0 Å². The van der Waals surface area contributed by atoms with E-state index in [2.05, 4.69) is 50.2 Å². The fourth-order valence-corrected chi connectivity index (χ4v) is 1.54. The summed E-state index contributed by atoms with van der Waals surface area (Å²) in [5.74, 6) is 0. The third-order valence-electron chi connectivity index (χ3n) is 2.27. The number of aryl methyl sites for hydroxylation is 2. The average Bonchev–Trinajstić information content (AvgIpc) is 2.18. The molecule has 2 rings (SSSR count). The smallest absolute Gasteiger partial charge is 0.226 e. The Balaban J connectivity index is 0.00000112. The zero-order valence-electron chi connectivity index (χ0n) is 8.91. The number of hydrogen-bond donors (Lipinski definition) is 0. The minimum atomic E-state index is 0. The van der Waals surface area contributed by atoms with E-state index in [1.165, 1.54) is 11.1 Å². The summed E-state index contributed by atoms with van der Waals surface area (Å²) in [4.78, 5) is 0. The topological polar surface area (TPSA) is 0 Å². The predicted octanol–water partition coefficient (Wildman–Crippen LogP) is 3.57. The van der Waals surface area contributed by atoms with Gasteiger partial charge in [-0.1, -0.05) is 13.8 Å². The fourth-order valence-electron chi connectivity index (χ4n) is 1.54. The van der Waals surface area contributed by atoms with Crippen molar-refractivity contribution in [1.29, 1.82) is 0 Å². The molecular weight excluding hydrogens is 219 g/mol. The Labute approximate surface area is 103 Å². The molecule has 0 bridgehead atoms. The van der Waals surface area contributed by atoms with E-state index >= 15 is 0 Å². The van der Waals surface area contributed by atoms with Gasteiger partial charge in [0, 0.05) is 0 Å². The van der Waals surface area contributed by atoms with Crippen molar-refractivity contribution < 1.29 is 18.6 Å². The Hall–Kier alpha value is -0.976.